The van der Waals surface area contributed by atoms with Gasteiger partial charge >= 0.3 is 0 Å². The molecule has 0 aliphatic heterocycles. The average Bonchev–Trinajstić information content (AvgIpc) is 2.29. The van der Waals surface area contributed by atoms with Gasteiger partial charge in [0.2, 0.25) is 0 Å². The van der Waals surface area contributed by atoms with Crippen LogP contribution in [0, 0.1) is 10.1 Å². The molecule has 0 saturated heterocycles. The molecule has 0 aliphatic rings. The summed E-state index contributed by atoms with van der Waals surface area (Å²) in [6.45, 7) is 0. The number of rotatable bonds is 2. The van der Waals surface area contributed by atoms with Gasteiger partial charge < -0.3 is 0 Å². The van der Waals surface area contributed by atoms with E-state index < -0.39 is 4.92 Å². The molecule has 0 atom stereocenters. The van der Waals surface area contributed by atoms with Crippen molar-refractivity contribution in [2.75, 3.05) is 0 Å². The lowest BCUT2D eigenvalue weighted by molar-refractivity contribution is -0.384. The van der Waals surface area contributed by atoms with Crippen LogP contribution in [0.3, 0.4) is 0 Å². The topological polar surface area (TPSA) is 68.9 Å². The first kappa shape index (κ1) is 10.5. The number of aromatic nitrogens is 2. The average molecular weight is 236 g/mol. The Bertz CT molecular complexity index is 531. The molecule has 0 bridgehead atoms. The summed E-state index contributed by atoms with van der Waals surface area (Å²) in [5.41, 5.74) is 0.791. The standard InChI is InChI=1S/C10H6ClN3O2/c11-9-2-1-8(14(15)16)10(13-9)7-3-5-12-6-4-7/h1-6H. The summed E-state index contributed by atoms with van der Waals surface area (Å²) in [6.07, 6.45) is 3.09. The molecule has 0 fully saturated rings. The molecule has 2 aromatic heterocycles. The maximum Gasteiger partial charge on any atom is 0.295 e. The number of pyridine rings is 2. The third kappa shape index (κ3) is 1.99. The van der Waals surface area contributed by atoms with E-state index in [-0.39, 0.29) is 16.5 Å². The van der Waals surface area contributed by atoms with Crippen LogP contribution in [-0.2, 0) is 0 Å². The highest BCUT2D eigenvalue weighted by atomic mass is 35.5. The lowest BCUT2D eigenvalue weighted by atomic mass is 10.1. The second kappa shape index (κ2) is 4.24. The molecule has 2 heterocycles. The van der Waals surface area contributed by atoms with Gasteiger partial charge in [0.1, 0.15) is 10.8 Å². The molecule has 0 N–H and O–H groups in total. The van der Waals surface area contributed by atoms with Crippen LogP contribution in [0.1, 0.15) is 0 Å². The second-order valence-corrected chi connectivity index (χ2v) is 3.38. The number of halogens is 1. The van der Waals surface area contributed by atoms with Crippen molar-refractivity contribution >= 4 is 17.3 Å². The SMILES string of the molecule is O=[N+]([O-])c1ccc(Cl)nc1-c1ccncc1. The molecule has 0 amide bonds. The van der Waals surface area contributed by atoms with Crippen molar-refractivity contribution in [3.63, 3.8) is 0 Å². The van der Waals surface area contributed by atoms with E-state index in [1.165, 1.54) is 12.1 Å². The molecule has 0 spiro atoms. The van der Waals surface area contributed by atoms with Gasteiger partial charge in [-0.1, -0.05) is 11.6 Å². The van der Waals surface area contributed by atoms with Crippen LogP contribution in [0.5, 0.6) is 0 Å². The van der Waals surface area contributed by atoms with Gasteiger partial charge in [0.05, 0.1) is 4.92 Å². The molecule has 80 valence electrons. The van der Waals surface area contributed by atoms with Gasteiger partial charge in [-0.3, -0.25) is 15.1 Å². The Morgan fingerprint density at radius 3 is 2.50 bits per heavy atom. The number of nitrogens with zero attached hydrogens (tertiary/aromatic N) is 3. The van der Waals surface area contributed by atoms with Gasteiger partial charge in [-0.2, -0.15) is 0 Å². The molecule has 6 heteroatoms. The normalized spacial score (nSPS) is 10.1. The Labute approximate surface area is 95.9 Å². The molecule has 5 nitrogen and oxygen atoms in total. The molecule has 16 heavy (non-hydrogen) atoms. The highest BCUT2D eigenvalue weighted by Crippen LogP contribution is 2.28. The van der Waals surface area contributed by atoms with Crippen LogP contribution in [0.4, 0.5) is 5.69 Å². The monoisotopic (exact) mass is 235 g/mol. The number of nitro groups is 1. The quantitative estimate of drug-likeness (QED) is 0.456. The fourth-order valence-electron chi connectivity index (χ4n) is 1.30. The molecule has 2 aromatic rings. The fourth-order valence-corrected chi connectivity index (χ4v) is 1.45. The van der Waals surface area contributed by atoms with Crippen molar-refractivity contribution in [2.24, 2.45) is 0 Å². The molecule has 0 saturated carbocycles. The predicted octanol–water partition coefficient (Wildman–Crippen LogP) is 2.71. The Morgan fingerprint density at radius 1 is 1.19 bits per heavy atom. The first-order valence-corrected chi connectivity index (χ1v) is 4.77. The minimum atomic E-state index is -0.487. The summed E-state index contributed by atoms with van der Waals surface area (Å²) >= 11 is 5.72. The lowest BCUT2D eigenvalue weighted by Crippen LogP contribution is -1.94. The minimum Gasteiger partial charge on any atom is -0.265 e. The van der Waals surface area contributed by atoms with Gasteiger partial charge in [-0.05, 0) is 18.2 Å². The molecule has 0 unspecified atom stereocenters. The van der Waals surface area contributed by atoms with E-state index >= 15 is 0 Å². The number of hydrogen-bond acceptors (Lipinski definition) is 4. The van der Waals surface area contributed by atoms with Crippen molar-refractivity contribution in [1.82, 2.24) is 9.97 Å². The van der Waals surface area contributed by atoms with E-state index in [1.54, 1.807) is 24.5 Å². The molecule has 0 radical (unpaired) electrons. The summed E-state index contributed by atoms with van der Waals surface area (Å²) in [7, 11) is 0. The molecule has 0 aromatic carbocycles. The van der Waals surface area contributed by atoms with Gasteiger partial charge in [-0.15, -0.1) is 0 Å². The highest BCUT2D eigenvalue weighted by molar-refractivity contribution is 6.29. The zero-order valence-electron chi connectivity index (χ0n) is 8.00. The van der Waals surface area contributed by atoms with E-state index in [0.717, 1.165) is 0 Å². The van der Waals surface area contributed by atoms with Crippen LogP contribution in [0.2, 0.25) is 5.15 Å². The predicted molar refractivity (Wildman–Crippen MR) is 59.1 cm³/mol. The zero-order chi connectivity index (χ0) is 11.5. The smallest absolute Gasteiger partial charge is 0.265 e. The largest absolute Gasteiger partial charge is 0.295 e. The van der Waals surface area contributed by atoms with Crippen molar-refractivity contribution < 1.29 is 4.92 Å². The Kier molecular flexibility index (Phi) is 2.78. The summed E-state index contributed by atoms with van der Waals surface area (Å²) < 4.78 is 0. The Morgan fingerprint density at radius 2 is 1.88 bits per heavy atom. The van der Waals surface area contributed by atoms with Crippen LogP contribution in [0.25, 0.3) is 11.3 Å². The summed E-state index contributed by atoms with van der Waals surface area (Å²) in [4.78, 5) is 18.1. The Balaban J connectivity index is 2.63. The van der Waals surface area contributed by atoms with E-state index in [1.807, 2.05) is 0 Å². The highest BCUT2D eigenvalue weighted by Gasteiger charge is 2.16. The minimum absolute atomic E-state index is 0.0735. The maximum atomic E-state index is 10.8. The molecule has 2 rings (SSSR count). The fraction of sp³-hybridized carbons (Fsp3) is 0. The van der Waals surface area contributed by atoms with Gasteiger partial charge in [0.15, 0.2) is 0 Å². The number of hydrogen-bond donors (Lipinski definition) is 0. The second-order valence-electron chi connectivity index (χ2n) is 2.99. The van der Waals surface area contributed by atoms with Gasteiger partial charge in [0.25, 0.3) is 5.69 Å². The van der Waals surface area contributed by atoms with E-state index in [9.17, 15) is 10.1 Å². The third-order valence-corrected chi connectivity index (χ3v) is 2.20. The van der Waals surface area contributed by atoms with Crippen LogP contribution < -0.4 is 0 Å². The van der Waals surface area contributed by atoms with Crippen LogP contribution in [-0.4, -0.2) is 14.9 Å². The van der Waals surface area contributed by atoms with Crippen molar-refractivity contribution in [3.8, 4) is 11.3 Å². The van der Waals surface area contributed by atoms with Crippen molar-refractivity contribution in [3.05, 3.63) is 51.9 Å². The lowest BCUT2D eigenvalue weighted by Gasteiger charge is -2.01. The first-order valence-electron chi connectivity index (χ1n) is 4.40. The van der Waals surface area contributed by atoms with Gasteiger partial charge in [0, 0.05) is 24.0 Å². The summed E-state index contributed by atoms with van der Waals surface area (Å²) in [5.74, 6) is 0. The zero-order valence-corrected chi connectivity index (χ0v) is 8.76. The maximum absolute atomic E-state index is 10.8. The van der Waals surface area contributed by atoms with E-state index in [2.05, 4.69) is 9.97 Å². The molecular formula is C10H6ClN3O2. The summed E-state index contributed by atoms with van der Waals surface area (Å²) in [6, 6.07) is 6.02. The van der Waals surface area contributed by atoms with E-state index in [4.69, 9.17) is 11.6 Å². The van der Waals surface area contributed by atoms with Crippen molar-refractivity contribution in [1.29, 1.82) is 0 Å². The summed E-state index contributed by atoms with van der Waals surface area (Å²) in [5, 5.41) is 11.0. The Hall–Kier alpha value is -2.01. The first-order chi connectivity index (χ1) is 7.68. The van der Waals surface area contributed by atoms with Crippen LogP contribution >= 0.6 is 11.6 Å². The molecule has 0 aliphatic carbocycles. The van der Waals surface area contributed by atoms with Crippen LogP contribution in [0.15, 0.2) is 36.7 Å². The third-order valence-electron chi connectivity index (χ3n) is 1.99. The van der Waals surface area contributed by atoms with E-state index in [0.29, 0.717) is 5.56 Å². The molecular weight excluding hydrogens is 230 g/mol. The van der Waals surface area contributed by atoms with Crippen molar-refractivity contribution in [2.45, 2.75) is 0 Å². The van der Waals surface area contributed by atoms with Gasteiger partial charge in [-0.25, -0.2) is 4.98 Å².